The molecule has 0 radical (unpaired) electrons. The van der Waals surface area contributed by atoms with E-state index in [1.54, 1.807) is 16.3 Å². The molecule has 0 bridgehead atoms. The lowest BCUT2D eigenvalue weighted by Gasteiger charge is -2.48. The molecule has 31 heavy (non-hydrogen) atoms. The Morgan fingerprint density at radius 3 is 2.65 bits per heavy atom. The molecular formula is C21H23ClN8O. The zero-order valence-corrected chi connectivity index (χ0v) is 18.2. The molecule has 4 aromatic rings. The van der Waals surface area contributed by atoms with Crippen LogP contribution in [0.2, 0.25) is 5.02 Å². The van der Waals surface area contributed by atoms with Crippen LogP contribution in [-0.2, 0) is 14.1 Å². The quantitative estimate of drug-likeness (QED) is 0.497. The van der Waals surface area contributed by atoms with Crippen LogP contribution in [0.1, 0.15) is 12.8 Å². The van der Waals surface area contributed by atoms with Gasteiger partial charge in [0.1, 0.15) is 5.39 Å². The SMILES string of the molecule is Cn1cc2c(Cl)c(-c3[nH]nc4nc(N5CCC6(CC5)CNC6)n(C)c(=O)c34)ccc2n1. The van der Waals surface area contributed by atoms with Gasteiger partial charge in [-0.1, -0.05) is 11.6 Å². The summed E-state index contributed by atoms with van der Waals surface area (Å²) in [7, 11) is 3.63. The predicted molar refractivity (Wildman–Crippen MR) is 121 cm³/mol. The fraction of sp³-hybridized carbons (Fsp3) is 0.429. The van der Waals surface area contributed by atoms with E-state index in [2.05, 4.69) is 25.5 Å². The monoisotopic (exact) mass is 438 g/mol. The minimum Gasteiger partial charge on any atom is -0.342 e. The van der Waals surface area contributed by atoms with Gasteiger partial charge in [-0.05, 0) is 30.4 Å². The molecule has 0 unspecified atom stereocenters. The first-order valence-corrected chi connectivity index (χ1v) is 10.9. The number of hydrogen-bond acceptors (Lipinski definition) is 6. The smallest absolute Gasteiger partial charge is 0.266 e. The molecule has 3 aromatic heterocycles. The Labute approximate surface area is 183 Å². The largest absolute Gasteiger partial charge is 0.342 e. The second-order valence-corrected chi connectivity index (χ2v) is 9.20. The fourth-order valence-corrected chi connectivity index (χ4v) is 5.21. The van der Waals surface area contributed by atoms with Gasteiger partial charge in [0.25, 0.3) is 5.56 Å². The second kappa shape index (κ2) is 6.54. The van der Waals surface area contributed by atoms with Crippen LogP contribution in [0.4, 0.5) is 5.95 Å². The molecule has 0 atom stereocenters. The maximum Gasteiger partial charge on any atom is 0.266 e. The van der Waals surface area contributed by atoms with Gasteiger partial charge < -0.3 is 10.2 Å². The molecule has 160 valence electrons. The minimum atomic E-state index is -0.128. The molecule has 2 aliphatic rings. The van der Waals surface area contributed by atoms with Crippen LogP contribution in [0.15, 0.2) is 23.1 Å². The summed E-state index contributed by atoms with van der Waals surface area (Å²) in [4.78, 5) is 20.4. The number of benzene rings is 1. The van der Waals surface area contributed by atoms with E-state index in [1.165, 1.54) is 0 Å². The first-order valence-electron chi connectivity index (χ1n) is 10.5. The number of hydrogen-bond donors (Lipinski definition) is 2. The predicted octanol–water partition coefficient (Wildman–Crippen LogP) is 2.05. The molecule has 0 aliphatic carbocycles. The Morgan fingerprint density at radius 2 is 1.94 bits per heavy atom. The van der Waals surface area contributed by atoms with Gasteiger partial charge in [-0.3, -0.25) is 19.1 Å². The van der Waals surface area contributed by atoms with Gasteiger partial charge in [-0.25, -0.2) is 0 Å². The minimum absolute atomic E-state index is 0.128. The number of aryl methyl sites for hydroxylation is 1. The molecular weight excluding hydrogens is 416 g/mol. The van der Waals surface area contributed by atoms with Crippen molar-refractivity contribution in [1.82, 2.24) is 34.8 Å². The average molecular weight is 439 g/mol. The highest BCUT2D eigenvalue weighted by Gasteiger charge is 2.40. The Balaban J connectivity index is 1.44. The highest BCUT2D eigenvalue weighted by atomic mass is 35.5. The van der Waals surface area contributed by atoms with E-state index in [1.807, 2.05) is 25.4 Å². The summed E-state index contributed by atoms with van der Waals surface area (Å²) < 4.78 is 3.36. The molecule has 2 fully saturated rings. The van der Waals surface area contributed by atoms with Gasteiger partial charge in [0, 0.05) is 57.4 Å². The van der Waals surface area contributed by atoms with Crippen LogP contribution in [-0.4, -0.2) is 55.7 Å². The fourth-order valence-electron chi connectivity index (χ4n) is 4.91. The first kappa shape index (κ1) is 18.8. The third-order valence-electron chi connectivity index (χ3n) is 6.89. The normalized spacial score (nSPS) is 18.2. The molecule has 1 aromatic carbocycles. The van der Waals surface area contributed by atoms with Crippen molar-refractivity contribution < 1.29 is 0 Å². The van der Waals surface area contributed by atoms with E-state index in [-0.39, 0.29) is 5.56 Å². The topological polar surface area (TPSA) is 96.7 Å². The molecule has 0 saturated carbocycles. The van der Waals surface area contributed by atoms with Gasteiger partial charge in [0.15, 0.2) is 5.65 Å². The Hall–Kier alpha value is -2.91. The highest BCUT2D eigenvalue weighted by molar-refractivity contribution is 6.38. The Morgan fingerprint density at radius 1 is 1.16 bits per heavy atom. The van der Waals surface area contributed by atoms with Crippen molar-refractivity contribution in [2.24, 2.45) is 19.5 Å². The van der Waals surface area contributed by atoms with Crippen LogP contribution in [0.3, 0.4) is 0 Å². The number of H-pyrrole nitrogens is 1. The van der Waals surface area contributed by atoms with E-state index >= 15 is 0 Å². The second-order valence-electron chi connectivity index (χ2n) is 8.83. The van der Waals surface area contributed by atoms with Crippen molar-refractivity contribution in [2.75, 3.05) is 31.1 Å². The van der Waals surface area contributed by atoms with Crippen molar-refractivity contribution in [3.05, 3.63) is 33.7 Å². The molecule has 5 heterocycles. The molecule has 2 saturated heterocycles. The van der Waals surface area contributed by atoms with Crippen molar-refractivity contribution in [3.8, 4) is 11.3 Å². The van der Waals surface area contributed by atoms with Crippen LogP contribution in [0.25, 0.3) is 33.2 Å². The number of aromatic amines is 1. The molecule has 1 spiro atoms. The average Bonchev–Trinajstić information content (AvgIpc) is 3.33. The molecule has 6 rings (SSSR count). The van der Waals surface area contributed by atoms with E-state index in [0.29, 0.717) is 38.7 Å². The summed E-state index contributed by atoms with van der Waals surface area (Å²) in [5.41, 5.74) is 2.83. The number of nitrogens with one attached hydrogen (secondary N) is 2. The van der Waals surface area contributed by atoms with E-state index in [4.69, 9.17) is 16.6 Å². The Kier molecular flexibility index (Phi) is 3.97. The van der Waals surface area contributed by atoms with Crippen molar-refractivity contribution >= 4 is 39.5 Å². The van der Waals surface area contributed by atoms with Crippen LogP contribution in [0.5, 0.6) is 0 Å². The molecule has 2 N–H and O–H groups in total. The first-order chi connectivity index (χ1) is 15.0. The summed E-state index contributed by atoms with van der Waals surface area (Å²) in [6, 6.07) is 3.77. The van der Waals surface area contributed by atoms with E-state index in [9.17, 15) is 4.79 Å². The van der Waals surface area contributed by atoms with Gasteiger partial charge in [0.05, 0.1) is 16.2 Å². The molecule has 10 heteroatoms. The number of anilines is 1. The number of aromatic nitrogens is 6. The standard InChI is InChI=1S/C21H23ClN8O/c1-28-9-13-14(27-28)4-3-12(16(13)22)17-15-18(26-25-17)24-20(29(2)19(15)31)30-7-5-21(6-8-30)10-23-11-21/h3-4,9,23H,5-8,10-11H2,1-2H3,(H,25,26). The molecule has 9 nitrogen and oxygen atoms in total. The van der Waals surface area contributed by atoms with Gasteiger partial charge in [-0.2, -0.15) is 15.2 Å². The molecule has 2 aliphatic heterocycles. The summed E-state index contributed by atoms with van der Waals surface area (Å²) in [5.74, 6) is 0.673. The van der Waals surface area contributed by atoms with E-state index in [0.717, 1.165) is 49.9 Å². The number of nitrogens with zero attached hydrogens (tertiary/aromatic N) is 6. The third-order valence-corrected chi connectivity index (χ3v) is 7.29. The highest BCUT2D eigenvalue weighted by Crippen LogP contribution is 2.37. The van der Waals surface area contributed by atoms with Crippen LogP contribution >= 0.6 is 11.6 Å². The third kappa shape index (κ3) is 2.73. The summed E-state index contributed by atoms with van der Waals surface area (Å²) in [6.45, 7) is 3.98. The lowest BCUT2D eigenvalue weighted by atomic mass is 9.73. The van der Waals surface area contributed by atoms with Gasteiger partial charge in [0.2, 0.25) is 5.95 Å². The zero-order valence-electron chi connectivity index (χ0n) is 17.4. The number of fused-ring (bicyclic) bond motifs is 2. The summed E-state index contributed by atoms with van der Waals surface area (Å²) in [6.07, 6.45) is 4.09. The lowest BCUT2D eigenvalue weighted by Crippen LogP contribution is -2.58. The Bertz CT molecular complexity index is 1390. The molecule has 0 amide bonds. The van der Waals surface area contributed by atoms with Crippen molar-refractivity contribution in [1.29, 1.82) is 0 Å². The maximum absolute atomic E-state index is 13.4. The maximum atomic E-state index is 13.4. The van der Waals surface area contributed by atoms with Crippen LogP contribution < -0.4 is 15.8 Å². The number of halogens is 1. The number of rotatable bonds is 2. The summed E-state index contributed by atoms with van der Waals surface area (Å²) in [5, 5.41) is 17.0. The lowest BCUT2D eigenvalue weighted by molar-refractivity contribution is 0.125. The zero-order chi connectivity index (χ0) is 21.3. The number of piperidine rings is 1. The summed E-state index contributed by atoms with van der Waals surface area (Å²) >= 11 is 6.69. The van der Waals surface area contributed by atoms with E-state index < -0.39 is 0 Å². The van der Waals surface area contributed by atoms with Crippen LogP contribution in [0, 0.1) is 5.41 Å². The van der Waals surface area contributed by atoms with Gasteiger partial charge in [-0.15, -0.1) is 0 Å². The van der Waals surface area contributed by atoms with Crippen molar-refractivity contribution in [3.63, 3.8) is 0 Å². The van der Waals surface area contributed by atoms with Gasteiger partial charge >= 0.3 is 0 Å². The van der Waals surface area contributed by atoms with Crippen molar-refractivity contribution in [2.45, 2.75) is 12.8 Å².